The van der Waals surface area contributed by atoms with E-state index in [0.717, 1.165) is 18.0 Å². The first-order chi connectivity index (χ1) is 9.38. The van der Waals surface area contributed by atoms with E-state index in [-0.39, 0.29) is 0 Å². The number of benzene rings is 1. The highest BCUT2D eigenvalue weighted by Crippen LogP contribution is 2.27. The molecule has 0 saturated carbocycles. The van der Waals surface area contributed by atoms with E-state index < -0.39 is 0 Å². The number of aromatic amines is 1. The smallest absolute Gasteiger partial charge is 0.0650 e. The molecule has 0 unspecified atom stereocenters. The van der Waals surface area contributed by atoms with E-state index in [4.69, 9.17) is 0 Å². The first kappa shape index (κ1) is 11.4. The van der Waals surface area contributed by atoms with Gasteiger partial charge in [-0.2, -0.15) is 5.10 Å². The molecular weight excluding hydrogens is 236 g/mol. The molecule has 3 saturated heterocycles. The number of fused-ring (bicyclic) bond motifs is 4. The van der Waals surface area contributed by atoms with Gasteiger partial charge >= 0.3 is 0 Å². The fourth-order valence-electron chi connectivity index (χ4n) is 3.55. The van der Waals surface area contributed by atoms with Gasteiger partial charge in [-0.1, -0.05) is 6.07 Å². The quantitative estimate of drug-likeness (QED) is 0.879. The van der Waals surface area contributed by atoms with Gasteiger partial charge in [0, 0.05) is 24.5 Å². The van der Waals surface area contributed by atoms with Crippen LogP contribution >= 0.6 is 0 Å². The lowest BCUT2D eigenvalue weighted by atomic mass is 9.84. The summed E-state index contributed by atoms with van der Waals surface area (Å²) in [4.78, 5) is 2.59. The molecule has 0 radical (unpaired) electrons. The zero-order valence-electron chi connectivity index (χ0n) is 11.1. The summed E-state index contributed by atoms with van der Waals surface area (Å²) >= 11 is 0. The van der Waals surface area contributed by atoms with E-state index in [2.05, 4.69) is 38.6 Å². The van der Waals surface area contributed by atoms with E-state index in [1.807, 2.05) is 6.20 Å². The predicted molar refractivity (Wildman–Crippen MR) is 75.9 cm³/mol. The highest BCUT2D eigenvalue weighted by atomic mass is 15.2. The van der Waals surface area contributed by atoms with E-state index in [1.54, 1.807) is 0 Å². The SMILES string of the molecule is c1cc2[nH]ncc2cc1CN[C@H]1CN2CCC1CC2. The first-order valence-corrected chi connectivity index (χ1v) is 7.26. The Bertz CT molecular complexity index is 568. The fraction of sp³-hybridized carbons (Fsp3) is 0.533. The molecule has 2 N–H and O–H groups in total. The van der Waals surface area contributed by atoms with Gasteiger partial charge in [-0.25, -0.2) is 0 Å². The van der Waals surface area contributed by atoms with Gasteiger partial charge in [0.05, 0.1) is 11.7 Å². The Morgan fingerprint density at radius 3 is 3.00 bits per heavy atom. The third-order valence-corrected chi connectivity index (χ3v) is 4.73. The van der Waals surface area contributed by atoms with Crippen molar-refractivity contribution >= 4 is 10.9 Å². The zero-order chi connectivity index (χ0) is 12.7. The van der Waals surface area contributed by atoms with Crippen molar-refractivity contribution in [1.82, 2.24) is 20.4 Å². The minimum absolute atomic E-state index is 0.683. The minimum Gasteiger partial charge on any atom is -0.308 e. The molecule has 1 aromatic heterocycles. The molecule has 0 amide bonds. The molecule has 5 rings (SSSR count). The van der Waals surface area contributed by atoms with Crippen LogP contribution in [0.25, 0.3) is 10.9 Å². The summed E-state index contributed by atoms with van der Waals surface area (Å²) in [6, 6.07) is 7.22. The lowest BCUT2D eigenvalue weighted by molar-refractivity contribution is 0.0720. The van der Waals surface area contributed by atoms with Crippen molar-refractivity contribution in [2.75, 3.05) is 19.6 Å². The van der Waals surface area contributed by atoms with Crippen LogP contribution in [0.15, 0.2) is 24.4 Å². The van der Waals surface area contributed by atoms with Crippen molar-refractivity contribution in [1.29, 1.82) is 0 Å². The summed E-state index contributed by atoms with van der Waals surface area (Å²) in [6.07, 6.45) is 4.64. The van der Waals surface area contributed by atoms with Gasteiger partial charge in [0.15, 0.2) is 0 Å². The van der Waals surface area contributed by atoms with Crippen LogP contribution in [0.5, 0.6) is 0 Å². The van der Waals surface area contributed by atoms with E-state index in [0.29, 0.717) is 6.04 Å². The standard InChI is InChI=1S/C15H20N4/c1-2-14-13(9-17-18-14)7-11(1)8-16-15-10-19-5-3-12(15)4-6-19/h1-2,7,9,12,15-16H,3-6,8,10H2,(H,17,18)/t15-/m0/s1. The van der Waals surface area contributed by atoms with Crippen LogP contribution < -0.4 is 5.32 Å². The summed E-state index contributed by atoms with van der Waals surface area (Å²) in [7, 11) is 0. The Morgan fingerprint density at radius 1 is 1.32 bits per heavy atom. The van der Waals surface area contributed by atoms with Crippen LogP contribution in [-0.2, 0) is 6.54 Å². The molecule has 1 aromatic carbocycles. The number of hydrogen-bond donors (Lipinski definition) is 2. The minimum atomic E-state index is 0.683. The fourth-order valence-corrected chi connectivity index (χ4v) is 3.55. The number of nitrogens with one attached hydrogen (secondary N) is 2. The molecule has 0 aliphatic carbocycles. The Hall–Kier alpha value is -1.39. The first-order valence-electron chi connectivity index (χ1n) is 7.26. The van der Waals surface area contributed by atoms with Crippen molar-refractivity contribution in [3.8, 4) is 0 Å². The second-order valence-electron chi connectivity index (χ2n) is 5.92. The van der Waals surface area contributed by atoms with Crippen molar-refractivity contribution in [2.45, 2.75) is 25.4 Å². The summed E-state index contributed by atoms with van der Waals surface area (Å²) in [5.74, 6) is 0.891. The lowest BCUT2D eigenvalue weighted by Gasteiger charge is -2.45. The van der Waals surface area contributed by atoms with E-state index in [1.165, 1.54) is 43.4 Å². The van der Waals surface area contributed by atoms with Crippen LogP contribution in [0.3, 0.4) is 0 Å². The monoisotopic (exact) mass is 256 g/mol. The van der Waals surface area contributed by atoms with Gasteiger partial charge in [0.2, 0.25) is 0 Å². The normalized spacial score (nSPS) is 30.0. The Morgan fingerprint density at radius 2 is 2.21 bits per heavy atom. The van der Waals surface area contributed by atoms with Gasteiger partial charge in [0.1, 0.15) is 0 Å². The highest BCUT2D eigenvalue weighted by Gasteiger charge is 2.33. The Kier molecular flexibility index (Phi) is 2.78. The molecular formula is C15H20N4. The number of H-pyrrole nitrogens is 1. The van der Waals surface area contributed by atoms with Crippen LogP contribution in [0.2, 0.25) is 0 Å². The van der Waals surface area contributed by atoms with E-state index in [9.17, 15) is 0 Å². The second kappa shape index (κ2) is 4.62. The average Bonchev–Trinajstić information content (AvgIpc) is 2.94. The van der Waals surface area contributed by atoms with Gasteiger partial charge in [-0.05, 0) is 49.5 Å². The van der Waals surface area contributed by atoms with E-state index >= 15 is 0 Å². The maximum absolute atomic E-state index is 4.07. The molecule has 4 heterocycles. The Balaban J connectivity index is 1.44. The zero-order valence-corrected chi connectivity index (χ0v) is 11.1. The molecule has 4 heteroatoms. The molecule has 2 bridgehead atoms. The van der Waals surface area contributed by atoms with Gasteiger partial charge < -0.3 is 10.2 Å². The summed E-state index contributed by atoms with van der Waals surface area (Å²) in [6.45, 7) is 4.82. The highest BCUT2D eigenvalue weighted by molar-refractivity contribution is 5.78. The summed E-state index contributed by atoms with van der Waals surface area (Å²) in [5.41, 5.74) is 2.47. The summed E-state index contributed by atoms with van der Waals surface area (Å²) in [5, 5.41) is 12.0. The maximum atomic E-state index is 4.07. The molecule has 3 aliphatic rings. The number of rotatable bonds is 3. The topological polar surface area (TPSA) is 44.0 Å². The number of piperidine rings is 3. The van der Waals surface area contributed by atoms with Crippen molar-refractivity contribution in [2.24, 2.45) is 5.92 Å². The molecule has 19 heavy (non-hydrogen) atoms. The van der Waals surface area contributed by atoms with Crippen LogP contribution in [0, 0.1) is 5.92 Å². The molecule has 100 valence electrons. The lowest BCUT2D eigenvalue weighted by Crippen LogP contribution is -2.55. The average molecular weight is 256 g/mol. The number of nitrogens with zero attached hydrogens (tertiary/aromatic N) is 2. The molecule has 3 fully saturated rings. The van der Waals surface area contributed by atoms with Crippen molar-refractivity contribution in [3.63, 3.8) is 0 Å². The van der Waals surface area contributed by atoms with Crippen molar-refractivity contribution < 1.29 is 0 Å². The number of hydrogen-bond acceptors (Lipinski definition) is 3. The molecule has 2 aromatic rings. The van der Waals surface area contributed by atoms with Crippen molar-refractivity contribution in [3.05, 3.63) is 30.0 Å². The largest absolute Gasteiger partial charge is 0.308 e. The maximum Gasteiger partial charge on any atom is 0.0650 e. The second-order valence-corrected chi connectivity index (χ2v) is 5.92. The van der Waals surface area contributed by atoms with Crippen LogP contribution in [-0.4, -0.2) is 40.8 Å². The molecule has 0 spiro atoms. The predicted octanol–water partition coefficient (Wildman–Crippen LogP) is 1.75. The Labute approximate surface area is 113 Å². The third-order valence-electron chi connectivity index (χ3n) is 4.73. The van der Waals surface area contributed by atoms with Gasteiger partial charge in [-0.15, -0.1) is 0 Å². The molecule has 4 nitrogen and oxygen atoms in total. The van der Waals surface area contributed by atoms with Crippen LogP contribution in [0.4, 0.5) is 0 Å². The third kappa shape index (κ3) is 2.15. The summed E-state index contributed by atoms with van der Waals surface area (Å²) < 4.78 is 0. The molecule has 1 atom stereocenters. The number of aromatic nitrogens is 2. The van der Waals surface area contributed by atoms with Crippen LogP contribution in [0.1, 0.15) is 18.4 Å². The molecule has 3 aliphatic heterocycles. The van der Waals surface area contributed by atoms with Gasteiger partial charge in [-0.3, -0.25) is 5.10 Å². The van der Waals surface area contributed by atoms with Gasteiger partial charge in [0.25, 0.3) is 0 Å².